The summed E-state index contributed by atoms with van der Waals surface area (Å²) in [6.07, 6.45) is 3.46. The van der Waals surface area contributed by atoms with Gasteiger partial charge in [0.05, 0.1) is 0 Å². The highest BCUT2D eigenvalue weighted by Gasteiger charge is 2.11. The normalized spacial score (nSPS) is 11.4. The molecule has 20 heavy (non-hydrogen) atoms. The van der Waals surface area contributed by atoms with Crippen LogP contribution in [0.3, 0.4) is 0 Å². The van der Waals surface area contributed by atoms with Gasteiger partial charge in [0.2, 0.25) is 0 Å². The Balaban J connectivity index is 2.13. The van der Waals surface area contributed by atoms with Crippen LogP contribution in [0.4, 0.5) is 4.39 Å². The highest BCUT2D eigenvalue weighted by Crippen LogP contribution is 2.25. The van der Waals surface area contributed by atoms with E-state index in [1.54, 1.807) is 24.5 Å². The van der Waals surface area contributed by atoms with E-state index in [0.29, 0.717) is 12.3 Å². The SMILES string of the molecule is CC(C)(C)NCc1cnccc1Oc1ccc(F)cc1. The molecule has 1 N–H and O–H groups in total. The number of aromatic nitrogens is 1. The second-order valence-electron chi connectivity index (χ2n) is 5.64. The molecule has 0 saturated heterocycles. The van der Waals surface area contributed by atoms with Gasteiger partial charge in [-0.2, -0.15) is 0 Å². The van der Waals surface area contributed by atoms with Crippen LogP contribution in [0.15, 0.2) is 42.7 Å². The molecule has 0 radical (unpaired) electrons. The Labute approximate surface area is 118 Å². The molecule has 0 amide bonds. The molecular formula is C16H19FN2O. The van der Waals surface area contributed by atoms with E-state index in [2.05, 4.69) is 31.1 Å². The molecule has 106 valence electrons. The summed E-state index contributed by atoms with van der Waals surface area (Å²) in [5.74, 6) is 1.06. The maximum atomic E-state index is 12.9. The van der Waals surface area contributed by atoms with Gasteiger partial charge in [0.25, 0.3) is 0 Å². The van der Waals surface area contributed by atoms with Crippen LogP contribution in [-0.2, 0) is 6.54 Å². The zero-order valence-corrected chi connectivity index (χ0v) is 12.0. The summed E-state index contributed by atoms with van der Waals surface area (Å²) in [6, 6.07) is 7.78. The molecule has 0 bridgehead atoms. The van der Waals surface area contributed by atoms with E-state index in [4.69, 9.17) is 4.74 Å². The van der Waals surface area contributed by atoms with E-state index in [0.717, 1.165) is 11.3 Å². The lowest BCUT2D eigenvalue weighted by Gasteiger charge is -2.21. The molecule has 4 heteroatoms. The van der Waals surface area contributed by atoms with E-state index in [-0.39, 0.29) is 11.4 Å². The molecule has 0 spiro atoms. The zero-order chi connectivity index (χ0) is 14.6. The third-order valence-electron chi connectivity index (χ3n) is 2.71. The predicted octanol–water partition coefficient (Wildman–Crippen LogP) is 3.90. The van der Waals surface area contributed by atoms with Gasteiger partial charge in [-0.15, -0.1) is 0 Å². The van der Waals surface area contributed by atoms with E-state index >= 15 is 0 Å². The van der Waals surface area contributed by atoms with Crippen LogP contribution in [0.2, 0.25) is 0 Å². The molecule has 0 aliphatic heterocycles. The molecule has 0 fully saturated rings. The van der Waals surface area contributed by atoms with Crippen molar-refractivity contribution in [2.75, 3.05) is 0 Å². The molecule has 0 saturated carbocycles. The lowest BCUT2D eigenvalue weighted by atomic mass is 10.1. The van der Waals surface area contributed by atoms with Crippen LogP contribution < -0.4 is 10.1 Å². The van der Waals surface area contributed by atoms with Crippen LogP contribution in [0, 0.1) is 5.82 Å². The van der Waals surface area contributed by atoms with Crippen molar-refractivity contribution in [3.8, 4) is 11.5 Å². The lowest BCUT2D eigenvalue weighted by Crippen LogP contribution is -2.35. The average Bonchev–Trinajstić information content (AvgIpc) is 2.39. The van der Waals surface area contributed by atoms with Crippen molar-refractivity contribution in [2.45, 2.75) is 32.9 Å². The van der Waals surface area contributed by atoms with Gasteiger partial charge >= 0.3 is 0 Å². The smallest absolute Gasteiger partial charge is 0.134 e. The van der Waals surface area contributed by atoms with Gasteiger partial charge in [-0.3, -0.25) is 4.98 Å². The van der Waals surface area contributed by atoms with Gasteiger partial charge in [-0.1, -0.05) is 0 Å². The second-order valence-corrected chi connectivity index (χ2v) is 5.64. The summed E-state index contributed by atoms with van der Waals surface area (Å²) in [5, 5.41) is 3.39. The first-order chi connectivity index (χ1) is 9.44. The van der Waals surface area contributed by atoms with Crippen molar-refractivity contribution in [3.05, 3.63) is 54.1 Å². The minimum atomic E-state index is -0.276. The summed E-state index contributed by atoms with van der Waals surface area (Å²) in [6.45, 7) is 6.96. The molecule has 0 aliphatic rings. The first-order valence-electron chi connectivity index (χ1n) is 6.55. The van der Waals surface area contributed by atoms with Crippen LogP contribution in [0.25, 0.3) is 0 Å². The Bertz CT molecular complexity index is 561. The Morgan fingerprint density at radius 1 is 1.15 bits per heavy atom. The fraction of sp³-hybridized carbons (Fsp3) is 0.312. The van der Waals surface area contributed by atoms with Gasteiger partial charge in [0.1, 0.15) is 17.3 Å². The second kappa shape index (κ2) is 6.01. The van der Waals surface area contributed by atoms with Crippen molar-refractivity contribution in [1.29, 1.82) is 0 Å². The molecule has 1 aromatic heterocycles. The summed E-state index contributed by atoms with van der Waals surface area (Å²) in [5.41, 5.74) is 0.981. The number of hydrogen-bond acceptors (Lipinski definition) is 3. The number of rotatable bonds is 4. The molecule has 0 aliphatic carbocycles. The molecule has 1 aromatic carbocycles. The van der Waals surface area contributed by atoms with Crippen LogP contribution in [-0.4, -0.2) is 10.5 Å². The maximum Gasteiger partial charge on any atom is 0.134 e. The number of pyridine rings is 1. The summed E-state index contributed by atoms with van der Waals surface area (Å²) in [4.78, 5) is 4.12. The Kier molecular flexibility index (Phi) is 4.35. The average molecular weight is 274 g/mol. The van der Waals surface area contributed by atoms with Crippen molar-refractivity contribution in [1.82, 2.24) is 10.3 Å². The number of hydrogen-bond donors (Lipinski definition) is 1. The van der Waals surface area contributed by atoms with Gasteiger partial charge in [-0.05, 0) is 51.1 Å². The quantitative estimate of drug-likeness (QED) is 0.918. The van der Waals surface area contributed by atoms with E-state index in [9.17, 15) is 4.39 Å². The molecule has 0 atom stereocenters. The van der Waals surface area contributed by atoms with E-state index in [1.807, 2.05) is 6.07 Å². The van der Waals surface area contributed by atoms with Crippen LogP contribution >= 0.6 is 0 Å². The minimum Gasteiger partial charge on any atom is -0.457 e. The van der Waals surface area contributed by atoms with Gasteiger partial charge in [0, 0.05) is 30.0 Å². The summed E-state index contributed by atoms with van der Waals surface area (Å²) in [7, 11) is 0. The van der Waals surface area contributed by atoms with Gasteiger partial charge in [0.15, 0.2) is 0 Å². The van der Waals surface area contributed by atoms with Crippen molar-refractivity contribution >= 4 is 0 Å². The standard InChI is InChI=1S/C16H19FN2O/c1-16(2,3)19-11-12-10-18-9-8-15(12)20-14-6-4-13(17)5-7-14/h4-10,19H,11H2,1-3H3. The largest absolute Gasteiger partial charge is 0.457 e. The van der Waals surface area contributed by atoms with Gasteiger partial charge in [-0.25, -0.2) is 4.39 Å². The maximum absolute atomic E-state index is 12.9. The van der Waals surface area contributed by atoms with Gasteiger partial charge < -0.3 is 10.1 Å². The first-order valence-corrected chi connectivity index (χ1v) is 6.55. The third-order valence-corrected chi connectivity index (χ3v) is 2.71. The third kappa shape index (κ3) is 4.31. The van der Waals surface area contributed by atoms with E-state index in [1.165, 1.54) is 12.1 Å². The Hall–Kier alpha value is -1.94. The predicted molar refractivity (Wildman–Crippen MR) is 77.3 cm³/mol. The number of nitrogens with one attached hydrogen (secondary N) is 1. The molecule has 2 aromatic rings. The van der Waals surface area contributed by atoms with Crippen molar-refractivity contribution in [2.24, 2.45) is 0 Å². The molecule has 0 unspecified atom stereocenters. The zero-order valence-electron chi connectivity index (χ0n) is 12.0. The molecule has 3 nitrogen and oxygen atoms in total. The fourth-order valence-electron chi connectivity index (χ4n) is 1.64. The topological polar surface area (TPSA) is 34.2 Å². The highest BCUT2D eigenvalue weighted by molar-refractivity contribution is 5.35. The van der Waals surface area contributed by atoms with Crippen molar-refractivity contribution < 1.29 is 9.13 Å². The number of benzene rings is 1. The Morgan fingerprint density at radius 3 is 2.50 bits per heavy atom. The number of ether oxygens (including phenoxy) is 1. The molecule has 2 rings (SSSR count). The van der Waals surface area contributed by atoms with Crippen LogP contribution in [0.1, 0.15) is 26.3 Å². The Morgan fingerprint density at radius 2 is 1.85 bits per heavy atom. The molecule has 1 heterocycles. The van der Waals surface area contributed by atoms with Crippen LogP contribution in [0.5, 0.6) is 11.5 Å². The fourth-order valence-corrected chi connectivity index (χ4v) is 1.64. The summed E-state index contributed by atoms with van der Waals surface area (Å²) < 4.78 is 18.7. The lowest BCUT2D eigenvalue weighted by molar-refractivity contribution is 0.413. The number of halogens is 1. The monoisotopic (exact) mass is 274 g/mol. The number of nitrogens with zero attached hydrogens (tertiary/aromatic N) is 1. The summed E-state index contributed by atoms with van der Waals surface area (Å²) >= 11 is 0. The highest BCUT2D eigenvalue weighted by atomic mass is 19.1. The minimum absolute atomic E-state index is 0.0169. The van der Waals surface area contributed by atoms with E-state index < -0.39 is 0 Å². The first kappa shape index (κ1) is 14.5. The van der Waals surface area contributed by atoms with Crippen molar-refractivity contribution in [3.63, 3.8) is 0 Å². The molecular weight excluding hydrogens is 255 g/mol.